The second-order valence-electron chi connectivity index (χ2n) is 1.88. The molecule has 0 N–H and O–H groups in total. The summed E-state index contributed by atoms with van der Waals surface area (Å²) in [5.41, 5.74) is 0. The largest absolute Gasteiger partial charge is 2.00 e. The van der Waals surface area contributed by atoms with Crippen molar-refractivity contribution in [1.82, 2.24) is 0 Å². The minimum atomic E-state index is -2.21. The van der Waals surface area contributed by atoms with Gasteiger partial charge in [0, 0.05) is 0 Å². The molecule has 1 aromatic carbocycles. The smallest absolute Gasteiger partial charge is 1.00 e. The molecule has 0 aliphatic rings. The Kier molecular flexibility index (Phi) is 4.41. The SMILES string of the molecule is Fc1c(F)c(F)c(Cl)c(F)c1F.[H-].[H-].[Mg+2]. The molecule has 0 aliphatic carbocycles. The van der Waals surface area contributed by atoms with Crippen LogP contribution in [0.15, 0.2) is 0 Å². The molecule has 0 bridgehead atoms. The van der Waals surface area contributed by atoms with Gasteiger partial charge in [0.25, 0.3) is 0 Å². The van der Waals surface area contributed by atoms with E-state index in [-0.39, 0.29) is 25.9 Å². The summed E-state index contributed by atoms with van der Waals surface area (Å²) in [5.74, 6) is -10.3. The average molecular weight is 229 g/mol. The summed E-state index contributed by atoms with van der Waals surface area (Å²) in [6.45, 7) is 0. The first-order chi connectivity index (χ1) is 5.46. The van der Waals surface area contributed by atoms with Gasteiger partial charge >= 0.3 is 23.1 Å². The van der Waals surface area contributed by atoms with E-state index in [0.717, 1.165) is 0 Å². The molecule has 0 saturated carbocycles. The van der Waals surface area contributed by atoms with Gasteiger partial charge in [0.05, 0.1) is 0 Å². The first kappa shape index (κ1) is 12.9. The van der Waals surface area contributed by atoms with E-state index in [0.29, 0.717) is 0 Å². The molecule has 0 spiro atoms. The van der Waals surface area contributed by atoms with Gasteiger partial charge in [-0.15, -0.1) is 0 Å². The maximum Gasteiger partial charge on any atom is 2.00 e. The van der Waals surface area contributed by atoms with Crippen LogP contribution in [0.5, 0.6) is 0 Å². The molecule has 7 heteroatoms. The van der Waals surface area contributed by atoms with E-state index in [1.807, 2.05) is 0 Å². The molecule has 13 heavy (non-hydrogen) atoms. The van der Waals surface area contributed by atoms with Crippen molar-refractivity contribution >= 4 is 34.7 Å². The molecule has 1 aromatic rings. The van der Waals surface area contributed by atoms with E-state index in [1.54, 1.807) is 0 Å². The fourth-order valence-electron chi connectivity index (χ4n) is 0.578. The van der Waals surface area contributed by atoms with Crippen LogP contribution in [0.4, 0.5) is 22.0 Å². The van der Waals surface area contributed by atoms with Crippen molar-refractivity contribution in [3.05, 3.63) is 34.1 Å². The van der Waals surface area contributed by atoms with E-state index in [2.05, 4.69) is 0 Å². The number of benzene rings is 1. The molecule has 0 aromatic heterocycles. The van der Waals surface area contributed by atoms with Gasteiger partial charge in [0.2, 0.25) is 5.82 Å². The summed E-state index contributed by atoms with van der Waals surface area (Å²) in [4.78, 5) is 0. The van der Waals surface area contributed by atoms with Crippen molar-refractivity contribution in [1.29, 1.82) is 0 Å². The molecule has 0 saturated heterocycles. The van der Waals surface area contributed by atoms with E-state index < -0.39 is 34.1 Å². The monoisotopic (exact) mass is 228 g/mol. The molecule has 0 nitrogen and oxygen atoms in total. The molecule has 0 heterocycles. The van der Waals surface area contributed by atoms with E-state index >= 15 is 0 Å². The molecule has 1 rings (SSSR count). The Bertz CT molecular complexity index is 244. The van der Waals surface area contributed by atoms with Gasteiger partial charge < -0.3 is 2.85 Å². The first-order valence-corrected chi connectivity index (χ1v) is 3.01. The molecule has 70 valence electrons. The number of hydrogen-bond acceptors (Lipinski definition) is 0. The Labute approximate surface area is 93.8 Å². The zero-order valence-electron chi connectivity index (χ0n) is 7.97. The fraction of sp³-hybridized carbons (Fsp3) is 0. The maximum absolute atomic E-state index is 12.3. The van der Waals surface area contributed by atoms with Crippen LogP contribution in [0.1, 0.15) is 2.85 Å². The normalized spacial score (nSPS) is 9.69. The molecule has 0 aliphatic heterocycles. The van der Waals surface area contributed by atoms with Gasteiger partial charge in [-0.2, -0.15) is 0 Å². The maximum atomic E-state index is 12.3. The molecular formula is C6H2ClF5Mg. The van der Waals surface area contributed by atoms with Crippen molar-refractivity contribution in [2.75, 3.05) is 0 Å². The summed E-state index contributed by atoms with van der Waals surface area (Å²) < 4.78 is 61.1. The molecule has 0 atom stereocenters. The Morgan fingerprint density at radius 3 is 1.23 bits per heavy atom. The third-order valence-electron chi connectivity index (χ3n) is 1.16. The Morgan fingerprint density at radius 2 is 0.923 bits per heavy atom. The summed E-state index contributed by atoms with van der Waals surface area (Å²) in [5, 5.41) is -1.40. The van der Waals surface area contributed by atoms with Gasteiger partial charge in [-0.25, -0.2) is 22.0 Å². The summed E-state index contributed by atoms with van der Waals surface area (Å²) >= 11 is 4.76. The average Bonchev–Trinajstić information content (AvgIpc) is 2.08. The number of rotatable bonds is 0. The molecule has 0 fully saturated rings. The minimum Gasteiger partial charge on any atom is -1.00 e. The van der Waals surface area contributed by atoms with E-state index in [9.17, 15) is 22.0 Å². The Balaban J connectivity index is -0.000000480. The first-order valence-electron chi connectivity index (χ1n) is 2.63. The van der Waals surface area contributed by atoms with Gasteiger partial charge in [-0.1, -0.05) is 11.6 Å². The minimum absolute atomic E-state index is 0. The van der Waals surface area contributed by atoms with Gasteiger partial charge in [-0.3, -0.25) is 0 Å². The predicted molar refractivity (Wildman–Crippen MR) is 39.2 cm³/mol. The zero-order chi connectivity index (χ0) is 9.46. The van der Waals surface area contributed by atoms with E-state index in [1.165, 1.54) is 0 Å². The third kappa shape index (κ3) is 2.05. The summed E-state index contributed by atoms with van der Waals surface area (Å²) in [6.07, 6.45) is 0. The Morgan fingerprint density at radius 1 is 0.692 bits per heavy atom. The number of hydrogen-bond donors (Lipinski definition) is 0. The van der Waals surface area contributed by atoms with E-state index in [4.69, 9.17) is 11.6 Å². The predicted octanol–water partition coefficient (Wildman–Crippen LogP) is 2.88. The second kappa shape index (κ2) is 4.43. The van der Waals surface area contributed by atoms with Gasteiger partial charge in [0.1, 0.15) is 5.02 Å². The second-order valence-corrected chi connectivity index (χ2v) is 2.26. The zero-order valence-corrected chi connectivity index (χ0v) is 8.15. The molecule has 0 unspecified atom stereocenters. The molecular weight excluding hydrogens is 227 g/mol. The van der Waals surface area contributed by atoms with Crippen LogP contribution in [-0.4, -0.2) is 23.1 Å². The van der Waals surface area contributed by atoms with Crippen LogP contribution >= 0.6 is 11.6 Å². The van der Waals surface area contributed by atoms with Crippen molar-refractivity contribution in [3.63, 3.8) is 0 Å². The van der Waals surface area contributed by atoms with Crippen LogP contribution < -0.4 is 0 Å². The van der Waals surface area contributed by atoms with Crippen molar-refractivity contribution in [2.24, 2.45) is 0 Å². The Hall–Kier alpha value is -0.0738. The van der Waals surface area contributed by atoms with Crippen molar-refractivity contribution < 1.29 is 24.8 Å². The van der Waals surface area contributed by atoms with Crippen LogP contribution in [-0.2, 0) is 0 Å². The van der Waals surface area contributed by atoms with Gasteiger partial charge in [0.15, 0.2) is 23.3 Å². The fourth-order valence-corrected chi connectivity index (χ4v) is 0.744. The molecule has 0 amide bonds. The van der Waals surface area contributed by atoms with Crippen LogP contribution in [0, 0.1) is 29.1 Å². The quantitative estimate of drug-likeness (QED) is 0.277. The van der Waals surface area contributed by atoms with Gasteiger partial charge in [-0.05, 0) is 0 Å². The summed E-state index contributed by atoms with van der Waals surface area (Å²) in [7, 11) is 0. The van der Waals surface area contributed by atoms with Crippen molar-refractivity contribution in [3.8, 4) is 0 Å². The van der Waals surface area contributed by atoms with Crippen LogP contribution in [0.25, 0.3) is 0 Å². The van der Waals surface area contributed by atoms with Crippen molar-refractivity contribution in [2.45, 2.75) is 0 Å². The molecule has 0 radical (unpaired) electrons. The standard InChI is InChI=1S/C6ClF5.Mg.2H/c7-1-2(8)4(10)6(12)5(11)3(1)9;;;/q;+2;2*-1. The topological polar surface area (TPSA) is 0 Å². The third-order valence-corrected chi connectivity index (χ3v) is 1.49. The number of halogens is 6. The van der Waals surface area contributed by atoms with Crippen LogP contribution in [0.2, 0.25) is 5.02 Å². The van der Waals surface area contributed by atoms with Crippen LogP contribution in [0.3, 0.4) is 0 Å². The summed E-state index contributed by atoms with van der Waals surface area (Å²) in [6, 6.07) is 0.